The fourth-order valence-electron chi connectivity index (χ4n) is 4.85. The van der Waals surface area contributed by atoms with E-state index in [0.29, 0.717) is 0 Å². The highest BCUT2D eigenvalue weighted by molar-refractivity contribution is 5.75. The van der Waals surface area contributed by atoms with Crippen LogP contribution < -0.4 is 12.4 Å². The van der Waals surface area contributed by atoms with Crippen molar-refractivity contribution in [2.24, 2.45) is 0 Å². The predicted molar refractivity (Wildman–Crippen MR) is 155 cm³/mol. The molecule has 0 aromatic carbocycles. The van der Waals surface area contributed by atoms with Crippen LogP contribution >= 0.6 is 0 Å². The lowest BCUT2D eigenvalue weighted by molar-refractivity contribution is -0.539. The molecule has 0 N–H and O–H groups in total. The van der Waals surface area contributed by atoms with Crippen LogP contribution in [0.3, 0.4) is 0 Å². The number of nitrogens with zero attached hydrogens (tertiary/aromatic N) is 3. The predicted octanol–water partition coefficient (Wildman–Crippen LogP) is 6.10. The molecule has 4 heteroatoms. The minimum absolute atomic E-state index is 0. The van der Waals surface area contributed by atoms with Gasteiger partial charge >= 0.3 is 5.96 Å². The maximum atomic E-state index is 2.85. The average molecular weight is 516 g/mol. The summed E-state index contributed by atoms with van der Waals surface area (Å²) in [7, 11) is 0. The van der Waals surface area contributed by atoms with Crippen molar-refractivity contribution in [2.75, 3.05) is 39.3 Å². The Morgan fingerprint density at radius 3 is 0.914 bits per heavy atom. The molecule has 35 heavy (non-hydrogen) atoms. The van der Waals surface area contributed by atoms with E-state index in [0.717, 1.165) is 0 Å². The highest BCUT2D eigenvalue weighted by Gasteiger charge is 2.28. The molecule has 0 aliphatic rings. The van der Waals surface area contributed by atoms with Gasteiger partial charge in [0, 0.05) is 0 Å². The Bertz CT molecular complexity index is 395. The Labute approximate surface area is 228 Å². The van der Waals surface area contributed by atoms with Crippen LogP contribution in [0, 0.1) is 0 Å². The molecule has 0 heterocycles. The van der Waals surface area contributed by atoms with Gasteiger partial charge in [-0.05, 0) is 38.5 Å². The summed E-state index contributed by atoms with van der Waals surface area (Å²) in [5, 5.41) is 0. The molecule has 0 aliphatic carbocycles. The molecule has 0 aliphatic heterocycles. The van der Waals surface area contributed by atoms with Gasteiger partial charge in [-0.2, -0.15) is 0 Å². The van der Waals surface area contributed by atoms with Gasteiger partial charge in [-0.1, -0.05) is 119 Å². The van der Waals surface area contributed by atoms with Gasteiger partial charge in [0.2, 0.25) is 0 Å². The van der Waals surface area contributed by atoms with Gasteiger partial charge in [0.1, 0.15) is 0 Å². The molecule has 0 aromatic heterocycles. The lowest BCUT2D eigenvalue weighted by Gasteiger charge is -2.31. The second-order valence-corrected chi connectivity index (χ2v) is 10.5. The smallest absolute Gasteiger partial charge is 0.350 e. The Morgan fingerprint density at radius 2 is 0.657 bits per heavy atom. The molecule has 0 fully saturated rings. The van der Waals surface area contributed by atoms with E-state index in [1.54, 1.807) is 5.96 Å². The summed E-state index contributed by atoms with van der Waals surface area (Å²) in [4.78, 5) is 5.70. The van der Waals surface area contributed by atoms with E-state index in [1.165, 1.54) is 155 Å². The molecule has 0 saturated heterocycles. The Hall–Kier alpha value is -0.440. The first-order valence-electron chi connectivity index (χ1n) is 15.8. The third kappa shape index (κ3) is 19.4. The van der Waals surface area contributed by atoms with E-state index < -0.39 is 0 Å². The van der Waals surface area contributed by atoms with Crippen LogP contribution in [-0.4, -0.2) is 59.6 Å². The molecule has 212 valence electrons. The quantitative estimate of drug-likeness (QED) is 0.0664. The van der Waals surface area contributed by atoms with Crippen molar-refractivity contribution in [2.45, 2.75) is 157 Å². The average Bonchev–Trinajstić information content (AvgIpc) is 2.84. The monoisotopic (exact) mass is 515 g/mol. The molecular weight excluding hydrogens is 450 g/mol. The van der Waals surface area contributed by atoms with Gasteiger partial charge in [-0.15, -0.1) is 0 Å². The third-order valence-electron chi connectivity index (χ3n) is 7.04. The van der Waals surface area contributed by atoms with E-state index in [1.807, 2.05) is 0 Å². The summed E-state index contributed by atoms with van der Waals surface area (Å²) in [6.07, 6.45) is 24.0. The van der Waals surface area contributed by atoms with Gasteiger partial charge in [0.25, 0.3) is 0 Å². The first-order valence-corrected chi connectivity index (χ1v) is 15.8. The van der Waals surface area contributed by atoms with Crippen molar-refractivity contribution >= 4 is 5.96 Å². The Balaban J connectivity index is 0. The van der Waals surface area contributed by atoms with Crippen molar-refractivity contribution in [3.63, 3.8) is 0 Å². The summed E-state index contributed by atoms with van der Waals surface area (Å²) < 4.78 is 2.85. The number of hydrogen-bond donors (Lipinski definition) is 0. The van der Waals surface area contributed by atoms with Gasteiger partial charge in [0.05, 0.1) is 39.3 Å². The van der Waals surface area contributed by atoms with E-state index >= 15 is 0 Å². The highest BCUT2D eigenvalue weighted by atomic mass is 35.5. The molecule has 0 bridgehead atoms. The Morgan fingerprint density at radius 1 is 0.400 bits per heavy atom. The summed E-state index contributed by atoms with van der Waals surface area (Å²) in [6, 6.07) is 0. The van der Waals surface area contributed by atoms with Crippen LogP contribution in [0.5, 0.6) is 0 Å². The van der Waals surface area contributed by atoms with Crippen LogP contribution in [0.2, 0.25) is 0 Å². The SMILES string of the molecule is CCCCCN(CCCCC)C(N(CCCCC)CCCCC)=[N+](CCCCC)CCCCC.[Cl-]. The van der Waals surface area contributed by atoms with Crippen molar-refractivity contribution in [3.8, 4) is 0 Å². The van der Waals surface area contributed by atoms with Gasteiger partial charge in [0.15, 0.2) is 0 Å². The van der Waals surface area contributed by atoms with E-state index in [4.69, 9.17) is 0 Å². The van der Waals surface area contributed by atoms with E-state index in [2.05, 4.69) is 55.9 Å². The van der Waals surface area contributed by atoms with Crippen molar-refractivity contribution in [3.05, 3.63) is 0 Å². The second-order valence-electron chi connectivity index (χ2n) is 10.5. The molecule has 0 amide bonds. The van der Waals surface area contributed by atoms with Crippen LogP contribution in [0.4, 0.5) is 0 Å². The third-order valence-corrected chi connectivity index (χ3v) is 7.04. The van der Waals surface area contributed by atoms with Crippen LogP contribution in [0.1, 0.15) is 157 Å². The molecule has 0 spiro atoms. The first-order chi connectivity index (χ1) is 16.7. The fourth-order valence-corrected chi connectivity index (χ4v) is 4.85. The Kier molecular flexibility index (Phi) is 29.5. The lowest BCUT2D eigenvalue weighted by atomic mass is 10.2. The molecule has 0 unspecified atom stereocenters. The van der Waals surface area contributed by atoms with Crippen molar-refractivity contribution in [1.82, 2.24) is 9.80 Å². The zero-order chi connectivity index (χ0) is 25.3. The maximum Gasteiger partial charge on any atom is 0.350 e. The number of hydrogen-bond acceptors (Lipinski definition) is 0. The molecule has 0 aromatic rings. The molecule has 0 saturated carbocycles. The number of rotatable bonds is 24. The summed E-state index contributed by atoms with van der Waals surface area (Å²) in [5.41, 5.74) is 0. The van der Waals surface area contributed by atoms with Gasteiger partial charge in [-0.25, -0.2) is 0 Å². The number of guanidine groups is 1. The first kappa shape index (κ1) is 36.7. The van der Waals surface area contributed by atoms with Crippen molar-refractivity contribution in [1.29, 1.82) is 0 Å². The largest absolute Gasteiger partial charge is 1.00 e. The second kappa shape index (κ2) is 28.1. The van der Waals surface area contributed by atoms with Crippen LogP contribution in [-0.2, 0) is 0 Å². The van der Waals surface area contributed by atoms with Crippen LogP contribution in [0.15, 0.2) is 0 Å². The number of halogens is 1. The lowest BCUT2D eigenvalue weighted by Crippen LogP contribution is -3.00. The van der Waals surface area contributed by atoms with E-state index in [-0.39, 0.29) is 12.4 Å². The maximum absolute atomic E-state index is 2.85. The summed E-state index contributed by atoms with van der Waals surface area (Å²) in [5.74, 6) is 1.62. The zero-order valence-corrected chi connectivity index (χ0v) is 25.9. The van der Waals surface area contributed by atoms with E-state index in [9.17, 15) is 0 Å². The topological polar surface area (TPSA) is 9.49 Å². The summed E-state index contributed by atoms with van der Waals surface area (Å²) in [6.45, 7) is 21.5. The fraction of sp³-hybridized carbons (Fsp3) is 0.968. The van der Waals surface area contributed by atoms with Crippen molar-refractivity contribution < 1.29 is 17.0 Å². The van der Waals surface area contributed by atoms with Gasteiger partial charge in [-0.3, -0.25) is 14.4 Å². The van der Waals surface area contributed by atoms with Crippen LogP contribution in [0.25, 0.3) is 0 Å². The number of unbranched alkanes of at least 4 members (excludes halogenated alkanes) is 12. The molecular formula is C31H66ClN3. The highest BCUT2D eigenvalue weighted by Crippen LogP contribution is 2.13. The van der Waals surface area contributed by atoms with Gasteiger partial charge < -0.3 is 12.4 Å². The minimum atomic E-state index is 0. The zero-order valence-electron chi connectivity index (χ0n) is 25.2. The molecule has 0 radical (unpaired) electrons. The standard InChI is InChI=1S/C31H66N3.ClH/c1-7-13-19-25-32(26-20-14-8-2)31(33(27-21-15-9-3)28-22-16-10-4)34(29-23-17-11-5)30-24-18-12-6;/h7-30H2,1-6H3;1H/q+1;/p-1. The normalized spacial score (nSPS) is 10.8. The molecule has 0 rings (SSSR count). The molecule has 0 atom stereocenters. The molecule has 3 nitrogen and oxygen atoms in total. The minimum Gasteiger partial charge on any atom is -1.00 e. The summed E-state index contributed by atoms with van der Waals surface area (Å²) >= 11 is 0.